The maximum absolute atomic E-state index is 12.9. The summed E-state index contributed by atoms with van der Waals surface area (Å²) >= 11 is 5.85. The minimum atomic E-state index is -4.47. The average Bonchev–Trinajstić information content (AvgIpc) is 3.69. The molecule has 0 unspecified atom stereocenters. The Balaban J connectivity index is 0.000000219. The van der Waals surface area contributed by atoms with Crippen LogP contribution in [0.15, 0.2) is 121 Å². The number of aliphatic hydroxyl groups excluding tert-OH is 1. The molecule has 5 N–H and O–H groups in total. The molecule has 6 rings (SSSR count). The zero-order chi connectivity index (χ0) is 40.8. The maximum Gasteiger partial charge on any atom is 0.416 e. The Hall–Kier alpha value is -5.78. The molecular formula is C44H46ClF3N4O4. The summed E-state index contributed by atoms with van der Waals surface area (Å²) in [6.45, 7) is 6.98. The van der Waals surface area contributed by atoms with Crippen LogP contribution < -0.4 is 11.1 Å². The van der Waals surface area contributed by atoms with Crippen molar-refractivity contribution in [2.45, 2.75) is 52.9 Å². The predicted molar refractivity (Wildman–Crippen MR) is 218 cm³/mol. The highest BCUT2D eigenvalue weighted by atomic mass is 35.5. The number of alkyl halides is 4. The van der Waals surface area contributed by atoms with Crippen molar-refractivity contribution in [2.75, 3.05) is 23.5 Å². The van der Waals surface area contributed by atoms with Crippen molar-refractivity contribution in [3.8, 4) is 22.5 Å². The van der Waals surface area contributed by atoms with Crippen molar-refractivity contribution in [3.63, 3.8) is 0 Å². The van der Waals surface area contributed by atoms with Gasteiger partial charge in [0.05, 0.1) is 16.7 Å². The first kappa shape index (κ1) is 43.0. The number of hydrogen-bond donors (Lipinski definition) is 4. The Bertz CT molecular complexity index is 2180. The Kier molecular flexibility index (Phi) is 15.5. The quantitative estimate of drug-likeness (QED) is 0.0769. The van der Waals surface area contributed by atoms with Crippen molar-refractivity contribution >= 4 is 34.9 Å². The molecule has 2 aromatic heterocycles. The third kappa shape index (κ3) is 11.6. The third-order valence-electron chi connectivity index (χ3n) is 8.89. The summed E-state index contributed by atoms with van der Waals surface area (Å²) in [7, 11) is 0. The number of aromatic nitrogens is 2. The molecular weight excluding hydrogens is 741 g/mol. The lowest BCUT2D eigenvalue weighted by Gasteiger charge is -2.12. The van der Waals surface area contributed by atoms with Crippen LogP contribution in [-0.2, 0) is 19.3 Å². The first-order chi connectivity index (χ1) is 26.7. The molecule has 0 aliphatic heterocycles. The summed E-state index contributed by atoms with van der Waals surface area (Å²) in [5.74, 6) is -0.890. The highest BCUT2D eigenvalue weighted by Crippen LogP contribution is 2.32. The first-order valence-electron chi connectivity index (χ1n) is 18.0. The van der Waals surface area contributed by atoms with Crippen molar-refractivity contribution in [2.24, 2.45) is 0 Å². The van der Waals surface area contributed by atoms with E-state index in [1.165, 1.54) is 17.7 Å². The van der Waals surface area contributed by atoms with Gasteiger partial charge in [-0.1, -0.05) is 78.9 Å². The number of nitrogens with one attached hydrogen (secondary N) is 1. The van der Waals surface area contributed by atoms with Gasteiger partial charge in [0, 0.05) is 59.7 Å². The number of amides is 1. The van der Waals surface area contributed by atoms with E-state index in [0.717, 1.165) is 58.1 Å². The smallest absolute Gasteiger partial charge is 0.416 e. The summed E-state index contributed by atoms with van der Waals surface area (Å²) in [5, 5.41) is 20.8. The van der Waals surface area contributed by atoms with Gasteiger partial charge < -0.3 is 30.4 Å². The molecule has 4 aromatic carbocycles. The number of nitrogens with two attached hydrogens (primary N) is 1. The monoisotopic (exact) mass is 786 g/mol. The van der Waals surface area contributed by atoms with Gasteiger partial charge in [0.1, 0.15) is 0 Å². The second-order valence-corrected chi connectivity index (χ2v) is 13.3. The lowest BCUT2D eigenvalue weighted by Crippen LogP contribution is -2.14. The number of carbonyl (C=O) groups excluding carboxylic acids is 1. The summed E-state index contributed by atoms with van der Waals surface area (Å²) in [6, 6.07) is 35.2. The van der Waals surface area contributed by atoms with Crippen molar-refractivity contribution in [1.29, 1.82) is 0 Å². The van der Waals surface area contributed by atoms with E-state index in [4.69, 9.17) is 22.4 Å². The Morgan fingerprint density at radius 3 is 1.73 bits per heavy atom. The number of hydrogen-bond acceptors (Lipinski definition) is 4. The number of rotatable bonds is 11. The van der Waals surface area contributed by atoms with Gasteiger partial charge in [0.2, 0.25) is 0 Å². The zero-order valence-electron chi connectivity index (χ0n) is 31.5. The number of aryl methyl sites for hydroxylation is 1. The normalized spacial score (nSPS) is 10.9. The summed E-state index contributed by atoms with van der Waals surface area (Å²) in [5.41, 5.74) is 12.7. The minimum absolute atomic E-state index is 0.0915. The van der Waals surface area contributed by atoms with Gasteiger partial charge in [-0.25, -0.2) is 4.79 Å². The number of aliphatic hydroxyl groups is 1. The third-order valence-corrected chi connectivity index (χ3v) is 9.16. The molecule has 1 amide bonds. The summed E-state index contributed by atoms with van der Waals surface area (Å²) < 4.78 is 42.7. The van der Waals surface area contributed by atoms with Crippen LogP contribution in [0.1, 0.15) is 56.1 Å². The molecule has 6 aromatic rings. The Labute approximate surface area is 330 Å². The molecule has 8 nitrogen and oxygen atoms in total. The number of anilines is 2. The fourth-order valence-electron chi connectivity index (χ4n) is 6.10. The fourth-order valence-corrected chi connectivity index (χ4v) is 6.22. The van der Waals surface area contributed by atoms with E-state index in [-0.39, 0.29) is 12.3 Å². The molecule has 0 fully saturated rings. The standard InChI is InChI=1S/C22H20ClF3N2O.C15H17NO3.C7H9N/c1-15-19(21(29)27-18-10-5-9-17(13-18)22(24,25)26)14-20(28(15)12-6-11-23)16-7-3-2-4-8-16;1-11-13(15(18)19)10-14(16(11)8-5-9-17)12-6-3-2-4-7-12;1-6-3-2-4-7(8)5-6/h2-5,7-10,13-14H,6,11-12H2,1H3,(H,27,29);2-4,6-7,10,17H,5,8-9H2,1H3,(H,18,19);2-5H,8H2,1H3. The van der Waals surface area contributed by atoms with E-state index in [1.54, 1.807) is 19.1 Å². The van der Waals surface area contributed by atoms with E-state index in [0.29, 0.717) is 36.5 Å². The lowest BCUT2D eigenvalue weighted by molar-refractivity contribution is -0.137. The maximum atomic E-state index is 12.9. The number of nitrogen functional groups attached to an aromatic ring is 1. The van der Waals surface area contributed by atoms with Crippen molar-refractivity contribution < 1.29 is 33.0 Å². The SMILES string of the molecule is Cc1c(C(=O)Nc2cccc(C(F)(F)F)c2)cc(-c2ccccc2)n1CCCCl.Cc1c(C(=O)O)cc(-c2ccccc2)n1CCCO.Cc1cccc(N)c1. The number of carbonyl (C=O) groups is 2. The molecule has 12 heteroatoms. The van der Waals surface area contributed by atoms with E-state index in [1.807, 2.05) is 108 Å². The van der Waals surface area contributed by atoms with Crippen LogP contribution in [0.25, 0.3) is 22.5 Å². The van der Waals surface area contributed by atoms with E-state index in [2.05, 4.69) is 5.32 Å². The molecule has 0 radical (unpaired) electrons. The second-order valence-electron chi connectivity index (χ2n) is 13.0. The van der Waals surface area contributed by atoms with Gasteiger partial charge in [-0.05, 0) is 92.8 Å². The van der Waals surface area contributed by atoms with E-state index in [9.17, 15) is 27.9 Å². The van der Waals surface area contributed by atoms with Crippen molar-refractivity contribution in [1.82, 2.24) is 9.13 Å². The van der Waals surface area contributed by atoms with Crippen LogP contribution in [0.2, 0.25) is 0 Å². The average molecular weight is 787 g/mol. The molecule has 0 saturated heterocycles. The Morgan fingerprint density at radius 1 is 0.714 bits per heavy atom. The summed E-state index contributed by atoms with van der Waals surface area (Å²) in [6.07, 6.45) is -3.14. The second kappa shape index (κ2) is 20.2. The van der Waals surface area contributed by atoms with Gasteiger partial charge in [0.25, 0.3) is 5.91 Å². The fraction of sp³-hybridized carbons (Fsp3) is 0.227. The largest absolute Gasteiger partial charge is 0.478 e. The highest BCUT2D eigenvalue weighted by molar-refractivity contribution is 6.17. The minimum Gasteiger partial charge on any atom is -0.478 e. The molecule has 0 saturated carbocycles. The van der Waals surface area contributed by atoms with Crippen molar-refractivity contribution in [3.05, 3.63) is 155 Å². The molecule has 0 aliphatic rings. The van der Waals surface area contributed by atoms with Crippen LogP contribution in [0, 0.1) is 20.8 Å². The van der Waals surface area contributed by atoms with Gasteiger partial charge in [-0.2, -0.15) is 13.2 Å². The molecule has 56 heavy (non-hydrogen) atoms. The number of nitrogens with zero attached hydrogens (tertiary/aromatic N) is 2. The van der Waals surface area contributed by atoms with Crippen LogP contribution in [-0.4, -0.2) is 43.7 Å². The van der Waals surface area contributed by atoms with Crippen LogP contribution in [0.4, 0.5) is 24.5 Å². The van der Waals surface area contributed by atoms with E-state index < -0.39 is 23.6 Å². The highest BCUT2D eigenvalue weighted by Gasteiger charge is 2.30. The number of aromatic carboxylic acids is 1. The molecule has 0 atom stereocenters. The van der Waals surface area contributed by atoms with Gasteiger partial charge >= 0.3 is 12.1 Å². The van der Waals surface area contributed by atoms with Gasteiger partial charge in [-0.3, -0.25) is 4.79 Å². The van der Waals surface area contributed by atoms with Crippen LogP contribution in [0.3, 0.4) is 0 Å². The number of carboxylic acids is 1. The first-order valence-corrected chi connectivity index (χ1v) is 18.5. The molecule has 0 spiro atoms. The molecule has 2 heterocycles. The topological polar surface area (TPSA) is 123 Å². The summed E-state index contributed by atoms with van der Waals surface area (Å²) in [4.78, 5) is 24.1. The Morgan fingerprint density at radius 2 is 1.25 bits per heavy atom. The lowest BCUT2D eigenvalue weighted by atomic mass is 10.1. The number of carboxylic acid groups (broad SMARTS) is 1. The molecule has 0 aliphatic carbocycles. The molecule has 0 bridgehead atoms. The predicted octanol–water partition coefficient (Wildman–Crippen LogP) is 10.5. The van der Waals surface area contributed by atoms with Gasteiger partial charge in [-0.15, -0.1) is 11.6 Å². The van der Waals surface area contributed by atoms with Gasteiger partial charge in [0.15, 0.2) is 0 Å². The number of halogens is 4. The van der Waals surface area contributed by atoms with Crippen LogP contribution >= 0.6 is 11.6 Å². The zero-order valence-corrected chi connectivity index (χ0v) is 32.2. The molecule has 294 valence electrons. The van der Waals surface area contributed by atoms with E-state index >= 15 is 0 Å². The van der Waals surface area contributed by atoms with Crippen LogP contribution in [0.5, 0.6) is 0 Å². The number of benzene rings is 4.